The van der Waals surface area contributed by atoms with Crippen molar-refractivity contribution >= 4 is 74.5 Å². The van der Waals surface area contributed by atoms with Gasteiger partial charge >= 0.3 is 0 Å². The first-order valence-corrected chi connectivity index (χ1v) is 16.9. The topological polar surface area (TPSA) is 96.5 Å². The highest BCUT2D eigenvalue weighted by Gasteiger charge is 2.24. The molecule has 242 valence electrons. The second-order valence-corrected chi connectivity index (χ2v) is 13.1. The predicted molar refractivity (Wildman–Crippen MR) is 198 cm³/mol. The maximum Gasteiger partial charge on any atom is 0.272 e. The molecule has 7 nitrogen and oxygen atoms in total. The Balaban J connectivity index is 1.39. The van der Waals surface area contributed by atoms with Crippen molar-refractivity contribution in [3.63, 3.8) is 0 Å². The molecule has 5 rings (SSSR count). The number of nitrogens with one attached hydrogen (secondary N) is 3. The maximum absolute atomic E-state index is 13.8. The lowest BCUT2D eigenvalue weighted by molar-refractivity contribution is -0.116. The lowest BCUT2D eigenvalue weighted by Gasteiger charge is -2.19. The van der Waals surface area contributed by atoms with Gasteiger partial charge in [0.2, 0.25) is 5.91 Å². The van der Waals surface area contributed by atoms with Crippen molar-refractivity contribution in [1.29, 1.82) is 0 Å². The molecule has 0 radical (unpaired) electrons. The minimum absolute atomic E-state index is 0.0637. The summed E-state index contributed by atoms with van der Waals surface area (Å²) >= 11 is 11.1. The largest absolute Gasteiger partial charge is 0.495 e. The van der Waals surface area contributed by atoms with Crippen molar-refractivity contribution in [3.8, 4) is 5.75 Å². The van der Waals surface area contributed by atoms with E-state index in [-0.39, 0.29) is 11.6 Å². The van der Waals surface area contributed by atoms with Crippen molar-refractivity contribution in [2.24, 2.45) is 0 Å². The van der Waals surface area contributed by atoms with Crippen LogP contribution >= 0.6 is 39.3 Å². The van der Waals surface area contributed by atoms with E-state index in [1.54, 1.807) is 60.7 Å². The Morgan fingerprint density at radius 3 is 2.25 bits per heavy atom. The lowest BCUT2D eigenvalue weighted by Crippen LogP contribution is -2.30. The molecule has 5 aromatic rings. The number of carbonyl (C=O) groups excluding carboxylic acids is 3. The maximum atomic E-state index is 13.8. The van der Waals surface area contributed by atoms with E-state index in [0.717, 1.165) is 26.1 Å². The van der Waals surface area contributed by atoms with Crippen molar-refractivity contribution in [2.45, 2.75) is 17.1 Å². The summed E-state index contributed by atoms with van der Waals surface area (Å²) in [5.74, 6) is -0.737. The van der Waals surface area contributed by atoms with Crippen LogP contribution in [0.3, 0.4) is 0 Å². The molecule has 0 saturated carbocycles. The number of benzene rings is 5. The predicted octanol–water partition coefficient (Wildman–Crippen LogP) is 9.30. The molecular formula is C38H31BrClN3O4S. The van der Waals surface area contributed by atoms with Crippen LogP contribution in [0.5, 0.6) is 5.75 Å². The number of methoxy groups -OCH3 is 1. The molecule has 3 amide bonds. The van der Waals surface area contributed by atoms with E-state index in [0.29, 0.717) is 27.7 Å². The van der Waals surface area contributed by atoms with E-state index in [1.807, 2.05) is 73.7 Å². The van der Waals surface area contributed by atoms with E-state index in [2.05, 4.69) is 31.9 Å². The fourth-order valence-corrected chi connectivity index (χ4v) is 6.37. The highest BCUT2D eigenvalue weighted by atomic mass is 79.9. The Morgan fingerprint density at radius 2 is 1.54 bits per heavy atom. The van der Waals surface area contributed by atoms with Crippen molar-refractivity contribution < 1.29 is 19.1 Å². The molecule has 5 aromatic carbocycles. The number of carbonyl (C=O) groups is 3. The summed E-state index contributed by atoms with van der Waals surface area (Å²) in [6.07, 6.45) is 1.61. The van der Waals surface area contributed by atoms with Gasteiger partial charge in [-0.25, -0.2) is 0 Å². The van der Waals surface area contributed by atoms with Crippen LogP contribution in [0.15, 0.2) is 136 Å². The highest BCUT2D eigenvalue weighted by Crippen LogP contribution is 2.39. The van der Waals surface area contributed by atoms with Crippen LogP contribution in [0.2, 0.25) is 5.02 Å². The molecule has 0 aromatic heterocycles. The third kappa shape index (κ3) is 9.16. The van der Waals surface area contributed by atoms with E-state index < -0.39 is 17.1 Å². The molecule has 10 heteroatoms. The summed E-state index contributed by atoms with van der Waals surface area (Å²) in [5.41, 5.74) is 3.79. The number of hydrogen-bond donors (Lipinski definition) is 3. The zero-order chi connectivity index (χ0) is 34.0. The Bertz CT molecular complexity index is 1970. The molecule has 0 bridgehead atoms. The van der Waals surface area contributed by atoms with Crippen LogP contribution in [0.4, 0.5) is 11.4 Å². The Hall–Kier alpha value is -4.83. The number of hydrogen-bond acceptors (Lipinski definition) is 5. The second kappa shape index (κ2) is 16.3. The van der Waals surface area contributed by atoms with Gasteiger partial charge < -0.3 is 20.7 Å². The van der Waals surface area contributed by atoms with Gasteiger partial charge in [-0.1, -0.05) is 94.3 Å². The highest BCUT2D eigenvalue weighted by molar-refractivity contribution is 9.10. The summed E-state index contributed by atoms with van der Waals surface area (Å²) in [5, 5.41) is 8.56. The number of rotatable bonds is 11. The zero-order valence-corrected chi connectivity index (χ0v) is 29.2. The first-order chi connectivity index (χ1) is 23.2. The molecule has 1 unspecified atom stereocenters. The lowest BCUT2D eigenvalue weighted by atomic mass is 10.1. The average Bonchev–Trinajstić information content (AvgIpc) is 3.09. The molecule has 0 fully saturated rings. The van der Waals surface area contributed by atoms with Gasteiger partial charge in [0.25, 0.3) is 11.8 Å². The van der Waals surface area contributed by atoms with Gasteiger partial charge in [-0.05, 0) is 78.2 Å². The molecule has 0 aliphatic carbocycles. The quantitative estimate of drug-likeness (QED) is 0.0927. The molecule has 1 atom stereocenters. The second-order valence-electron chi connectivity index (χ2n) is 10.6. The molecular weight excluding hydrogens is 710 g/mol. The molecule has 48 heavy (non-hydrogen) atoms. The van der Waals surface area contributed by atoms with E-state index >= 15 is 0 Å². The van der Waals surface area contributed by atoms with Gasteiger partial charge in [-0.2, -0.15) is 0 Å². The van der Waals surface area contributed by atoms with Gasteiger partial charge in [-0.3, -0.25) is 14.4 Å². The number of aryl methyl sites for hydroxylation is 1. The average molecular weight is 741 g/mol. The third-order valence-electron chi connectivity index (χ3n) is 7.11. The number of amides is 3. The summed E-state index contributed by atoms with van der Waals surface area (Å²) in [4.78, 5) is 41.2. The standard InChI is InChI=1S/C38H31BrClN3O4S/c1-24-19-32(34(47-2)23-31(24)40)42-38(46)35(26-12-5-3-6-13-26)48-30-18-10-17-29(22-30)41-37(45)33(21-25-11-9-16-28(39)20-25)43-36(44)27-14-7-4-8-15-27/h3-23,35H,1-2H3,(H,41,45)(H,42,46)(H,43,44)/b33-21+. The van der Waals surface area contributed by atoms with E-state index in [4.69, 9.17) is 16.3 Å². The Kier molecular flexibility index (Phi) is 11.7. The molecule has 3 N–H and O–H groups in total. The van der Waals surface area contributed by atoms with Crippen LogP contribution in [0, 0.1) is 6.92 Å². The van der Waals surface area contributed by atoms with Crippen molar-refractivity contribution in [2.75, 3.05) is 17.7 Å². The first-order valence-electron chi connectivity index (χ1n) is 14.8. The van der Waals surface area contributed by atoms with Gasteiger partial charge in [0, 0.05) is 31.7 Å². The fraction of sp³-hybridized carbons (Fsp3) is 0.0789. The fourth-order valence-electron chi connectivity index (χ4n) is 4.72. The first kappa shape index (κ1) is 34.5. The van der Waals surface area contributed by atoms with E-state index in [1.165, 1.54) is 18.9 Å². The molecule has 0 spiro atoms. The monoisotopic (exact) mass is 739 g/mol. The van der Waals surface area contributed by atoms with E-state index in [9.17, 15) is 14.4 Å². The van der Waals surface area contributed by atoms with Crippen molar-refractivity contribution in [1.82, 2.24) is 5.32 Å². The van der Waals surface area contributed by atoms with Gasteiger partial charge in [0.15, 0.2) is 0 Å². The smallest absolute Gasteiger partial charge is 0.272 e. The van der Waals surface area contributed by atoms with Crippen LogP contribution in [0.25, 0.3) is 6.08 Å². The molecule has 0 saturated heterocycles. The third-order valence-corrected chi connectivity index (χ3v) is 9.26. The molecule has 0 heterocycles. The summed E-state index contributed by atoms with van der Waals surface area (Å²) in [6, 6.07) is 36.1. The summed E-state index contributed by atoms with van der Waals surface area (Å²) < 4.78 is 6.30. The van der Waals surface area contributed by atoms with Gasteiger partial charge in [0.05, 0.1) is 12.8 Å². The molecule has 0 aliphatic heterocycles. The number of anilines is 2. The summed E-state index contributed by atoms with van der Waals surface area (Å²) in [7, 11) is 1.52. The van der Waals surface area contributed by atoms with Crippen LogP contribution in [0.1, 0.15) is 32.3 Å². The summed E-state index contributed by atoms with van der Waals surface area (Å²) in [6.45, 7) is 1.85. The zero-order valence-electron chi connectivity index (χ0n) is 26.0. The number of ether oxygens (including phenoxy) is 1. The van der Waals surface area contributed by atoms with Crippen LogP contribution < -0.4 is 20.7 Å². The Labute approximate surface area is 296 Å². The number of thioether (sulfide) groups is 1. The molecule has 0 aliphatic rings. The van der Waals surface area contributed by atoms with Gasteiger partial charge in [0.1, 0.15) is 16.7 Å². The minimum Gasteiger partial charge on any atom is -0.495 e. The van der Waals surface area contributed by atoms with Gasteiger partial charge in [-0.15, -0.1) is 11.8 Å². The van der Waals surface area contributed by atoms with Crippen LogP contribution in [-0.2, 0) is 9.59 Å². The van der Waals surface area contributed by atoms with Crippen molar-refractivity contribution in [3.05, 3.63) is 159 Å². The normalized spacial score (nSPS) is 11.7. The minimum atomic E-state index is -0.644. The SMILES string of the molecule is COc1cc(Cl)c(C)cc1NC(=O)C(Sc1cccc(NC(=O)/C(=C\c2cccc(Br)c2)NC(=O)c2ccccc2)c1)c1ccccc1. The number of halogens is 2. The van der Waals surface area contributed by atoms with Crippen LogP contribution in [-0.4, -0.2) is 24.8 Å². The Morgan fingerprint density at radius 1 is 0.833 bits per heavy atom.